The Bertz CT molecular complexity index is 392. The summed E-state index contributed by atoms with van der Waals surface area (Å²) in [5.74, 6) is -0.0607. The first-order valence-electron chi connectivity index (χ1n) is 7.09. The first-order valence-corrected chi connectivity index (χ1v) is 7.09. The smallest absolute Gasteiger partial charge is 0.241 e. The van der Waals surface area contributed by atoms with Crippen LogP contribution in [0.5, 0.6) is 0 Å². The van der Waals surface area contributed by atoms with E-state index in [4.69, 9.17) is 4.74 Å². The number of nitrogens with one attached hydrogen (secondary N) is 2. The number of ether oxygens (including phenoxy) is 1. The molecular weight excluding hydrogens is 258 g/mol. The van der Waals surface area contributed by atoms with Gasteiger partial charge in [-0.15, -0.1) is 5.10 Å². The fourth-order valence-corrected chi connectivity index (χ4v) is 1.57. The Morgan fingerprint density at radius 2 is 2.30 bits per heavy atom. The number of nitrogens with zero attached hydrogens (tertiary/aromatic N) is 3. The zero-order valence-corrected chi connectivity index (χ0v) is 12.6. The largest absolute Gasteiger partial charge is 0.379 e. The predicted molar refractivity (Wildman–Crippen MR) is 76.1 cm³/mol. The average Bonchev–Trinajstić information content (AvgIpc) is 2.83. The van der Waals surface area contributed by atoms with Crippen LogP contribution in [-0.4, -0.2) is 46.7 Å². The molecule has 0 bridgehead atoms. The van der Waals surface area contributed by atoms with Crippen molar-refractivity contribution in [2.75, 3.05) is 19.7 Å². The fourth-order valence-electron chi connectivity index (χ4n) is 1.57. The summed E-state index contributed by atoms with van der Waals surface area (Å²) >= 11 is 0. The van der Waals surface area contributed by atoms with Crippen molar-refractivity contribution in [3.05, 3.63) is 11.9 Å². The molecular formula is C13H25N5O2. The molecule has 1 amide bonds. The highest BCUT2D eigenvalue weighted by atomic mass is 16.5. The van der Waals surface area contributed by atoms with Gasteiger partial charge in [0.25, 0.3) is 0 Å². The van der Waals surface area contributed by atoms with Gasteiger partial charge in [0, 0.05) is 19.7 Å². The number of carbonyl (C=O) groups is 1. The van der Waals surface area contributed by atoms with Gasteiger partial charge in [0.15, 0.2) is 0 Å². The molecule has 1 aromatic rings. The summed E-state index contributed by atoms with van der Waals surface area (Å²) in [7, 11) is 0. The number of hydrogen-bond acceptors (Lipinski definition) is 5. The van der Waals surface area contributed by atoms with E-state index in [1.54, 1.807) is 10.9 Å². The highest BCUT2D eigenvalue weighted by Crippen LogP contribution is 1.93. The van der Waals surface area contributed by atoms with E-state index in [0.717, 1.165) is 18.7 Å². The first-order chi connectivity index (χ1) is 9.61. The third kappa shape index (κ3) is 7.20. The summed E-state index contributed by atoms with van der Waals surface area (Å²) in [6, 6.07) is 0. The molecule has 0 unspecified atom stereocenters. The molecule has 0 radical (unpaired) electrons. The summed E-state index contributed by atoms with van der Waals surface area (Å²) < 4.78 is 6.95. The second-order valence-corrected chi connectivity index (χ2v) is 4.81. The van der Waals surface area contributed by atoms with E-state index in [-0.39, 0.29) is 18.6 Å². The minimum atomic E-state index is -0.0607. The molecule has 1 aromatic heterocycles. The van der Waals surface area contributed by atoms with Gasteiger partial charge in [-0.2, -0.15) is 0 Å². The maximum Gasteiger partial charge on any atom is 0.241 e. The average molecular weight is 283 g/mol. The van der Waals surface area contributed by atoms with Gasteiger partial charge in [-0.1, -0.05) is 12.1 Å². The lowest BCUT2D eigenvalue weighted by Gasteiger charge is -2.08. The standard InChI is InChI=1S/C13H25N5O2/c1-4-14-8-12-9-18(17-16-12)10-13(19)15-6-5-7-20-11(2)3/h9,11,14H,4-8,10H2,1-3H3,(H,15,19). The third-order valence-corrected chi connectivity index (χ3v) is 2.54. The normalized spacial score (nSPS) is 11.0. The van der Waals surface area contributed by atoms with Crippen LogP contribution in [0.2, 0.25) is 0 Å². The van der Waals surface area contributed by atoms with Crippen LogP contribution >= 0.6 is 0 Å². The van der Waals surface area contributed by atoms with E-state index >= 15 is 0 Å². The molecule has 0 aromatic carbocycles. The van der Waals surface area contributed by atoms with Gasteiger partial charge >= 0.3 is 0 Å². The van der Waals surface area contributed by atoms with Gasteiger partial charge in [0.1, 0.15) is 6.54 Å². The molecule has 0 saturated heterocycles. The van der Waals surface area contributed by atoms with Crippen LogP contribution in [0, 0.1) is 0 Å². The lowest BCUT2D eigenvalue weighted by atomic mass is 10.4. The Labute approximate surface area is 120 Å². The van der Waals surface area contributed by atoms with Crippen molar-refractivity contribution in [2.24, 2.45) is 0 Å². The van der Waals surface area contributed by atoms with Crippen molar-refractivity contribution in [1.29, 1.82) is 0 Å². The molecule has 20 heavy (non-hydrogen) atoms. The molecule has 1 heterocycles. The maximum atomic E-state index is 11.7. The number of aromatic nitrogens is 3. The summed E-state index contributed by atoms with van der Waals surface area (Å²) in [6.45, 7) is 9.04. The van der Waals surface area contributed by atoms with Crippen molar-refractivity contribution in [3.63, 3.8) is 0 Å². The van der Waals surface area contributed by atoms with Crippen LogP contribution in [0.1, 0.15) is 32.9 Å². The molecule has 0 aliphatic rings. The lowest BCUT2D eigenvalue weighted by Crippen LogP contribution is -2.29. The van der Waals surface area contributed by atoms with Crippen molar-refractivity contribution in [1.82, 2.24) is 25.6 Å². The Morgan fingerprint density at radius 3 is 3.00 bits per heavy atom. The summed E-state index contributed by atoms with van der Waals surface area (Å²) in [4.78, 5) is 11.7. The van der Waals surface area contributed by atoms with Gasteiger partial charge in [-0.05, 0) is 26.8 Å². The first kappa shape index (κ1) is 16.6. The van der Waals surface area contributed by atoms with Crippen LogP contribution in [0.25, 0.3) is 0 Å². The quantitative estimate of drug-likeness (QED) is 0.604. The number of rotatable bonds is 10. The summed E-state index contributed by atoms with van der Waals surface area (Å²) in [5.41, 5.74) is 0.838. The van der Waals surface area contributed by atoms with E-state index in [1.807, 2.05) is 20.8 Å². The van der Waals surface area contributed by atoms with Crippen LogP contribution in [-0.2, 0) is 22.6 Å². The maximum absolute atomic E-state index is 11.7. The Hall–Kier alpha value is -1.47. The molecule has 0 spiro atoms. The molecule has 0 aliphatic carbocycles. The predicted octanol–water partition coefficient (Wildman–Crippen LogP) is 0.319. The summed E-state index contributed by atoms with van der Waals surface area (Å²) in [5, 5.41) is 13.9. The van der Waals surface area contributed by atoms with E-state index < -0.39 is 0 Å². The third-order valence-electron chi connectivity index (χ3n) is 2.54. The van der Waals surface area contributed by atoms with Crippen molar-refractivity contribution < 1.29 is 9.53 Å². The fraction of sp³-hybridized carbons (Fsp3) is 0.769. The lowest BCUT2D eigenvalue weighted by molar-refractivity contribution is -0.121. The minimum Gasteiger partial charge on any atom is -0.379 e. The van der Waals surface area contributed by atoms with Crippen LogP contribution in [0.3, 0.4) is 0 Å². The molecule has 0 atom stereocenters. The van der Waals surface area contributed by atoms with Crippen LogP contribution < -0.4 is 10.6 Å². The number of amides is 1. The molecule has 114 valence electrons. The minimum absolute atomic E-state index is 0.0607. The van der Waals surface area contributed by atoms with Crippen LogP contribution in [0.4, 0.5) is 0 Å². The highest BCUT2D eigenvalue weighted by molar-refractivity contribution is 5.75. The van der Waals surface area contributed by atoms with Crippen molar-refractivity contribution in [3.8, 4) is 0 Å². The number of hydrogen-bond donors (Lipinski definition) is 2. The molecule has 0 fully saturated rings. The highest BCUT2D eigenvalue weighted by Gasteiger charge is 2.05. The van der Waals surface area contributed by atoms with Gasteiger partial charge in [-0.3, -0.25) is 4.79 Å². The summed E-state index contributed by atoms with van der Waals surface area (Å²) in [6.07, 6.45) is 2.83. The van der Waals surface area contributed by atoms with Crippen molar-refractivity contribution in [2.45, 2.75) is 46.4 Å². The zero-order valence-electron chi connectivity index (χ0n) is 12.6. The van der Waals surface area contributed by atoms with E-state index in [1.165, 1.54) is 0 Å². The van der Waals surface area contributed by atoms with Gasteiger partial charge in [0.05, 0.1) is 18.0 Å². The van der Waals surface area contributed by atoms with Gasteiger partial charge < -0.3 is 15.4 Å². The second-order valence-electron chi connectivity index (χ2n) is 4.81. The molecule has 0 saturated carbocycles. The second kappa shape index (κ2) is 9.44. The number of carbonyl (C=O) groups excluding carboxylic acids is 1. The monoisotopic (exact) mass is 283 g/mol. The molecule has 2 N–H and O–H groups in total. The molecule has 7 heteroatoms. The molecule has 0 aliphatic heterocycles. The van der Waals surface area contributed by atoms with Crippen molar-refractivity contribution >= 4 is 5.91 Å². The molecule has 1 rings (SSSR count). The zero-order chi connectivity index (χ0) is 14.8. The Balaban J connectivity index is 2.16. The van der Waals surface area contributed by atoms with E-state index in [2.05, 4.69) is 20.9 Å². The topological polar surface area (TPSA) is 81.1 Å². The van der Waals surface area contributed by atoms with E-state index in [9.17, 15) is 4.79 Å². The SMILES string of the molecule is CCNCc1cn(CC(=O)NCCCOC(C)C)nn1. The van der Waals surface area contributed by atoms with Gasteiger partial charge in [0.2, 0.25) is 5.91 Å². The Kier molecular flexibility index (Phi) is 7.82. The van der Waals surface area contributed by atoms with E-state index in [0.29, 0.717) is 19.7 Å². The van der Waals surface area contributed by atoms with Crippen LogP contribution in [0.15, 0.2) is 6.20 Å². The Morgan fingerprint density at radius 1 is 1.50 bits per heavy atom. The van der Waals surface area contributed by atoms with Gasteiger partial charge in [-0.25, -0.2) is 4.68 Å². The molecule has 7 nitrogen and oxygen atoms in total.